The van der Waals surface area contributed by atoms with Crippen LogP contribution in [0.2, 0.25) is 0 Å². The van der Waals surface area contributed by atoms with Gasteiger partial charge >= 0.3 is 0 Å². The van der Waals surface area contributed by atoms with Gasteiger partial charge in [-0.05, 0) is 24.7 Å². The summed E-state index contributed by atoms with van der Waals surface area (Å²) in [6.45, 7) is 5.77. The van der Waals surface area contributed by atoms with Gasteiger partial charge in [0.1, 0.15) is 0 Å². The molecule has 0 aromatic rings. The molecule has 1 unspecified atom stereocenters. The zero-order chi connectivity index (χ0) is 13.9. The number of hydrogen-bond acceptors (Lipinski definition) is 3. The summed E-state index contributed by atoms with van der Waals surface area (Å²) in [5.41, 5.74) is 0. The van der Waals surface area contributed by atoms with Crippen LogP contribution in [0.15, 0.2) is 0 Å². The molecule has 1 atom stereocenters. The molecular formula is C14H27NO3S. The van der Waals surface area contributed by atoms with E-state index < -0.39 is 10.0 Å². The maximum absolute atomic E-state index is 12.5. The van der Waals surface area contributed by atoms with Crippen molar-refractivity contribution in [3.63, 3.8) is 0 Å². The van der Waals surface area contributed by atoms with Gasteiger partial charge in [-0.25, -0.2) is 8.42 Å². The number of sulfonamides is 1. The third-order valence-electron chi connectivity index (χ3n) is 4.36. The third kappa shape index (κ3) is 4.17. The maximum atomic E-state index is 12.5. The van der Waals surface area contributed by atoms with Crippen LogP contribution in [0, 0.1) is 11.8 Å². The number of nitrogens with zero attached hydrogens (tertiary/aromatic N) is 1. The Balaban J connectivity index is 1.94. The van der Waals surface area contributed by atoms with Crippen molar-refractivity contribution < 1.29 is 13.2 Å². The Hall–Kier alpha value is -0.130. The minimum atomic E-state index is -3.10. The predicted molar refractivity (Wildman–Crippen MR) is 76.5 cm³/mol. The van der Waals surface area contributed by atoms with E-state index in [0.29, 0.717) is 37.3 Å². The molecule has 1 heterocycles. The highest BCUT2D eigenvalue weighted by Gasteiger charge is 2.32. The van der Waals surface area contributed by atoms with Crippen LogP contribution in [-0.4, -0.2) is 44.3 Å². The highest BCUT2D eigenvalue weighted by molar-refractivity contribution is 7.89. The minimum Gasteiger partial charge on any atom is -0.375 e. The molecule has 5 heteroatoms. The number of hydrogen-bond donors (Lipinski definition) is 0. The molecule has 1 aliphatic carbocycles. The van der Waals surface area contributed by atoms with Gasteiger partial charge in [0, 0.05) is 13.1 Å². The van der Waals surface area contributed by atoms with E-state index in [0.717, 1.165) is 12.8 Å². The van der Waals surface area contributed by atoms with Gasteiger partial charge in [-0.2, -0.15) is 4.31 Å². The van der Waals surface area contributed by atoms with Gasteiger partial charge in [0.2, 0.25) is 10.0 Å². The third-order valence-corrected chi connectivity index (χ3v) is 6.38. The normalized spacial score (nSPS) is 27.8. The van der Waals surface area contributed by atoms with Crippen LogP contribution in [0.25, 0.3) is 0 Å². The first-order valence-electron chi connectivity index (χ1n) is 7.58. The summed E-state index contributed by atoms with van der Waals surface area (Å²) in [5.74, 6) is 1.09. The standard InChI is InChI=1S/C14H27NO3S/c1-12(2)14-10-15(8-9-18-14)19(16,17)11-13-6-4-3-5-7-13/h12-14H,3-11H2,1-2H3. The average Bonchev–Trinajstić information content (AvgIpc) is 2.39. The monoisotopic (exact) mass is 289 g/mol. The predicted octanol–water partition coefficient (Wildman–Crippen LogP) is 2.25. The summed E-state index contributed by atoms with van der Waals surface area (Å²) in [7, 11) is -3.10. The second kappa shape index (κ2) is 6.55. The molecule has 1 saturated carbocycles. The van der Waals surface area contributed by atoms with Crippen LogP contribution in [0.5, 0.6) is 0 Å². The first kappa shape index (κ1) is 15.3. The first-order valence-corrected chi connectivity index (χ1v) is 9.19. The van der Waals surface area contributed by atoms with Gasteiger partial charge in [-0.1, -0.05) is 33.1 Å². The van der Waals surface area contributed by atoms with Crippen molar-refractivity contribution in [1.29, 1.82) is 0 Å². The molecule has 4 nitrogen and oxygen atoms in total. The topological polar surface area (TPSA) is 46.6 Å². The van der Waals surface area contributed by atoms with Crippen LogP contribution in [0.4, 0.5) is 0 Å². The number of rotatable bonds is 4. The van der Waals surface area contributed by atoms with Gasteiger partial charge in [0.05, 0.1) is 18.5 Å². The second-order valence-electron chi connectivity index (χ2n) is 6.29. The highest BCUT2D eigenvalue weighted by atomic mass is 32.2. The smallest absolute Gasteiger partial charge is 0.214 e. The van der Waals surface area contributed by atoms with Crippen molar-refractivity contribution in [1.82, 2.24) is 4.31 Å². The zero-order valence-corrected chi connectivity index (χ0v) is 13.0. The van der Waals surface area contributed by atoms with Crippen molar-refractivity contribution in [3.05, 3.63) is 0 Å². The van der Waals surface area contributed by atoms with Crippen molar-refractivity contribution in [2.75, 3.05) is 25.4 Å². The van der Waals surface area contributed by atoms with Crippen molar-refractivity contribution >= 4 is 10.0 Å². The highest BCUT2D eigenvalue weighted by Crippen LogP contribution is 2.26. The average molecular weight is 289 g/mol. The molecule has 0 radical (unpaired) electrons. The van der Waals surface area contributed by atoms with Crippen molar-refractivity contribution in [2.45, 2.75) is 52.1 Å². The minimum absolute atomic E-state index is 0.0508. The summed E-state index contributed by atoms with van der Waals surface area (Å²) >= 11 is 0. The van der Waals surface area contributed by atoms with Gasteiger partial charge in [-0.3, -0.25) is 0 Å². The first-order chi connectivity index (χ1) is 8.99. The number of ether oxygens (including phenoxy) is 1. The quantitative estimate of drug-likeness (QED) is 0.797. The molecule has 19 heavy (non-hydrogen) atoms. The Morgan fingerprint density at radius 2 is 1.89 bits per heavy atom. The van der Waals surface area contributed by atoms with E-state index in [1.165, 1.54) is 19.3 Å². The molecule has 0 spiro atoms. The molecule has 2 aliphatic rings. The van der Waals surface area contributed by atoms with Crippen molar-refractivity contribution in [3.8, 4) is 0 Å². The molecule has 1 aliphatic heterocycles. The van der Waals surface area contributed by atoms with E-state index in [4.69, 9.17) is 4.74 Å². The lowest BCUT2D eigenvalue weighted by Gasteiger charge is -2.35. The summed E-state index contributed by atoms with van der Waals surface area (Å²) in [5, 5.41) is 0. The van der Waals surface area contributed by atoms with E-state index in [-0.39, 0.29) is 6.10 Å². The molecule has 2 rings (SSSR count). The second-order valence-corrected chi connectivity index (χ2v) is 8.31. The van der Waals surface area contributed by atoms with Crippen LogP contribution < -0.4 is 0 Å². The fourth-order valence-corrected chi connectivity index (χ4v) is 4.93. The van der Waals surface area contributed by atoms with Crippen LogP contribution >= 0.6 is 0 Å². The van der Waals surface area contributed by atoms with E-state index in [1.54, 1.807) is 4.31 Å². The summed E-state index contributed by atoms with van der Waals surface area (Å²) in [6, 6.07) is 0. The molecule has 1 saturated heterocycles. The fourth-order valence-electron chi connectivity index (χ4n) is 3.06. The van der Waals surface area contributed by atoms with Gasteiger partial charge in [0.25, 0.3) is 0 Å². The maximum Gasteiger partial charge on any atom is 0.214 e. The summed E-state index contributed by atoms with van der Waals surface area (Å²) < 4.78 is 32.3. The Bertz CT molecular complexity index is 374. The van der Waals surface area contributed by atoms with E-state index >= 15 is 0 Å². The molecule has 0 aromatic heterocycles. The number of morpholine rings is 1. The zero-order valence-electron chi connectivity index (χ0n) is 12.2. The van der Waals surface area contributed by atoms with Crippen molar-refractivity contribution in [2.24, 2.45) is 11.8 Å². The Morgan fingerprint density at radius 1 is 1.21 bits per heavy atom. The van der Waals surface area contributed by atoms with Crippen LogP contribution in [-0.2, 0) is 14.8 Å². The summed E-state index contributed by atoms with van der Waals surface area (Å²) in [4.78, 5) is 0. The van der Waals surface area contributed by atoms with Gasteiger partial charge in [-0.15, -0.1) is 0 Å². The molecule has 0 aromatic carbocycles. The Kier molecular flexibility index (Phi) is 5.26. The molecule has 2 fully saturated rings. The SMILES string of the molecule is CC(C)C1CN(S(=O)(=O)CC2CCCCC2)CCO1. The van der Waals surface area contributed by atoms with E-state index in [2.05, 4.69) is 13.8 Å². The Labute approximate surface area is 117 Å². The lowest BCUT2D eigenvalue weighted by molar-refractivity contribution is -0.0264. The van der Waals surface area contributed by atoms with Crippen LogP contribution in [0.3, 0.4) is 0 Å². The van der Waals surface area contributed by atoms with Crippen LogP contribution in [0.1, 0.15) is 46.0 Å². The lowest BCUT2D eigenvalue weighted by Crippen LogP contribution is -2.48. The molecular weight excluding hydrogens is 262 g/mol. The van der Waals surface area contributed by atoms with E-state index in [1.807, 2.05) is 0 Å². The lowest BCUT2D eigenvalue weighted by atomic mass is 9.91. The van der Waals surface area contributed by atoms with E-state index in [9.17, 15) is 8.42 Å². The fraction of sp³-hybridized carbons (Fsp3) is 1.00. The largest absolute Gasteiger partial charge is 0.375 e. The molecule has 0 amide bonds. The Morgan fingerprint density at radius 3 is 2.53 bits per heavy atom. The molecule has 0 bridgehead atoms. The van der Waals surface area contributed by atoms with Gasteiger partial charge < -0.3 is 4.74 Å². The van der Waals surface area contributed by atoms with Gasteiger partial charge in [0.15, 0.2) is 0 Å². The molecule has 112 valence electrons. The molecule has 0 N–H and O–H groups in total. The summed E-state index contributed by atoms with van der Waals surface area (Å²) in [6.07, 6.45) is 5.86.